The molecule has 0 fully saturated rings. The third kappa shape index (κ3) is 3.96. The normalized spacial score (nSPS) is 14.5. The van der Waals surface area contributed by atoms with E-state index in [0.29, 0.717) is 0 Å². The van der Waals surface area contributed by atoms with Crippen molar-refractivity contribution in [3.63, 3.8) is 0 Å². The molecule has 0 spiro atoms. The van der Waals surface area contributed by atoms with E-state index in [2.05, 4.69) is 90.1 Å². The molecule has 3 aromatic carbocycles. The van der Waals surface area contributed by atoms with Gasteiger partial charge in [0.1, 0.15) is 11.6 Å². The second-order valence-corrected chi connectivity index (χ2v) is 8.44. The fourth-order valence-electron chi connectivity index (χ4n) is 4.63. The maximum atomic E-state index is 5.12. The predicted octanol–water partition coefficient (Wildman–Crippen LogP) is 6.54. The van der Waals surface area contributed by atoms with Gasteiger partial charge in [-0.25, -0.2) is 9.97 Å². The van der Waals surface area contributed by atoms with Gasteiger partial charge in [0.2, 0.25) is 0 Å². The molecule has 0 atom stereocenters. The minimum Gasteiger partial charge on any atom is -0.477 e. The first-order valence-electron chi connectivity index (χ1n) is 11.2. The first-order chi connectivity index (χ1) is 15.8. The van der Waals surface area contributed by atoms with Crippen molar-refractivity contribution in [1.29, 1.82) is 0 Å². The van der Waals surface area contributed by atoms with Gasteiger partial charge in [-0.2, -0.15) is 18.2 Å². The number of aromatic nitrogens is 2. The van der Waals surface area contributed by atoms with Crippen molar-refractivity contribution < 1.29 is 20.1 Å². The zero-order valence-electron chi connectivity index (χ0n) is 18.5. The summed E-state index contributed by atoms with van der Waals surface area (Å²) >= 11 is 0. The topological polar surface area (TPSA) is 32.3 Å². The van der Waals surface area contributed by atoms with Gasteiger partial charge in [0.15, 0.2) is 0 Å². The molecule has 5 heteroatoms. The fraction of sp³-hybridized carbons (Fsp3) is 0.179. The van der Waals surface area contributed by atoms with Gasteiger partial charge in [0, 0.05) is 25.8 Å². The Morgan fingerprint density at radius 2 is 1.48 bits per heavy atom. The molecule has 0 N–H and O–H groups in total. The summed E-state index contributed by atoms with van der Waals surface area (Å²) in [7, 11) is 0. The molecule has 0 saturated heterocycles. The average molecular weight is 609 g/mol. The number of anilines is 4. The van der Waals surface area contributed by atoms with Crippen LogP contribution in [0.3, 0.4) is 0 Å². The van der Waals surface area contributed by atoms with E-state index in [1.807, 2.05) is 12.1 Å². The van der Waals surface area contributed by atoms with Gasteiger partial charge < -0.3 is 9.80 Å². The van der Waals surface area contributed by atoms with Crippen LogP contribution in [-0.4, -0.2) is 9.97 Å². The van der Waals surface area contributed by atoms with E-state index in [4.69, 9.17) is 9.97 Å². The van der Waals surface area contributed by atoms with E-state index in [0.717, 1.165) is 47.2 Å². The fourth-order valence-corrected chi connectivity index (χ4v) is 4.63. The van der Waals surface area contributed by atoms with Crippen LogP contribution in [0.1, 0.15) is 29.8 Å². The molecule has 0 unspecified atom stereocenters. The molecule has 0 bridgehead atoms. The SMILES string of the molecule is Cc1ccccc1-c1cc[c-]c(N2[CH-]N(c3ccccc3)c3nc4c(nc32)CCCC4)c1.[Ir]. The summed E-state index contributed by atoms with van der Waals surface area (Å²) in [5.41, 5.74) is 8.00. The van der Waals surface area contributed by atoms with E-state index >= 15 is 0 Å². The molecule has 2 aliphatic rings. The Morgan fingerprint density at radius 3 is 2.21 bits per heavy atom. The molecule has 4 aromatic rings. The molecular weight excluding hydrogens is 585 g/mol. The van der Waals surface area contributed by atoms with Gasteiger partial charge in [-0.3, -0.25) is 0 Å². The molecule has 1 radical (unpaired) electrons. The second-order valence-electron chi connectivity index (χ2n) is 8.44. The van der Waals surface area contributed by atoms with Crippen molar-refractivity contribution in [3.05, 3.63) is 102 Å². The van der Waals surface area contributed by atoms with E-state index in [9.17, 15) is 0 Å². The Morgan fingerprint density at radius 1 is 0.818 bits per heavy atom. The average Bonchev–Trinajstić information content (AvgIpc) is 3.22. The van der Waals surface area contributed by atoms with Crippen LogP contribution in [0.25, 0.3) is 11.1 Å². The maximum absolute atomic E-state index is 5.12. The Kier molecular flexibility index (Phi) is 6.01. The van der Waals surface area contributed by atoms with Crippen LogP contribution in [0.15, 0.2) is 72.8 Å². The van der Waals surface area contributed by atoms with Crippen LogP contribution in [0.5, 0.6) is 0 Å². The second kappa shape index (κ2) is 9.09. The van der Waals surface area contributed by atoms with Crippen LogP contribution >= 0.6 is 0 Å². The maximum Gasteiger partial charge on any atom is 0.146 e. The first-order valence-corrected chi connectivity index (χ1v) is 11.2. The smallest absolute Gasteiger partial charge is 0.146 e. The summed E-state index contributed by atoms with van der Waals surface area (Å²) in [4.78, 5) is 14.5. The zero-order chi connectivity index (χ0) is 21.5. The predicted molar refractivity (Wildman–Crippen MR) is 129 cm³/mol. The number of para-hydroxylation sites is 1. The molecule has 33 heavy (non-hydrogen) atoms. The van der Waals surface area contributed by atoms with Crippen LogP contribution in [0.4, 0.5) is 23.0 Å². The van der Waals surface area contributed by atoms with Crippen molar-refractivity contribution >= 4 is 23.0 Å². The van der Waals surface area contributed by atoms with Crippen LogP contribution in [0.2, 0.25) is 0 Å². The molecule has 6 rings (SSSR count). The summed E-state index contributed by atoms with van der Waals surface area (Å²) in [6, 6.07) is 28.6. The number of hydrogen-bond acceptors (Lipinski definition) is 4. The third-order valence-electron chi connectivity index (χ3n) is 6.32. The zero-order valence-corrected chi connectivity index (χ0v) is 20.9. The van der Waals surface area contributed by atoms with E-state index < -0.39 is 0 Å². The van der Waals surface area contributed by atoms with Gasteiger partial charge >= 0.3 is 0 Å². The first kappa shape index (κ1) is 21.8. The summed E-state index contributed by atoms with van der Waals surface area (Å²) in [6.45, 7) is 4.25. The van der Waals surface area contributed by atoms with Gasteiger partial charge in [0.25, 0.3) is 0 Å². The Labute approximate surface area is 208 Å². The molecule has 167 valence electrons. The Hall–Kier alpha value is -3.01. The van der Waals surface area contributed by atoms with Crippen LogP contribution in [-0.2, 0) is 32.9 Å². The van der Waals surface area contributed by atoms with Gasteiger partial charge in [-0.15, -0.1) is 24.0 Å². The molecule has 0 saturated carbocycles. The van der Waals surface area contributed by atoms with Crippen molar-refractivity contribution in [2.75, 3.05) is 9.80 Å². The van der Waals surface area contributed by atoms with Gasteiger partial charge in [0.05, 0.1) is 11.4 Å². The summed E-state index contributed by atoms with van der Waals surface area (Å²) < 4.78 is 0. The van der Waals surface area contributed by atoms with Crippen molar-refractivity contribution in [2.45, 2.75) is 32.6 Å². The molecule has 0 amide bonds. The Balaban J connectivity index is 0.00000228. The molecule has 2 heterocycles. The molecule has 4 nitrogen and oxygen atoms in total. The summed E-state index contributed by atoms with van der Waals surface area (Å²) in [5.74, 6) is 1.78. The number of hydrogen-bond donors (Lipinski definition) is 0. The number of benzene rings is 3. The molecule has 1 aliphatic carbocycles. The van der Waals surface area contributed by atoms with Crippen molar-refractivity contribution in [2.24, 2.45) is 0 Å². The molecular formula is C28H24IrN4-2. The van der Waals surface area contributed by atoms with Gasteiger partial charge in [-0.1, -0.05) is 42.5 Å². The third-order valence-corrected chi connectivity index (χ3v) is 6.32. The summed E-state index contributed by atoms with van der Waals surface area (Å²) in [6.07, 6.45) is 4.38. The minimum absolute atomic E-state index is 0. The summed E-state index contributed by atoms with van der Waals surface area (Å²) in [5, 5.41) is 0. The quantitative estimate of drug-likeness (QED) is 0.248. The Bertz CT molecular complexity index is 1290. The number of nitrogens with zero attached hydrogens (tertiary/aromatic N) is 4. The van der Waals surface area contributed by atoms with Crippen LogP contribution < -0.4 is 9.80 Å². The number of aryl methyl sites for hydroxylation is 3. The minimum atomic E-state index is 0. The number of rotatable bonds is 3. The van der Waals surface area contributed by atoms with Gasteiger partial charge in [-0.05, 0) is 55.9 Å². The monoisotopic (exact) mass is 609 g/mol. The van der Waals surface area contributed by atoms with E-state index in [1.165, 1.54) is 29.5 Å². The molecule has 1 aromatic heterocycles. The van der Waals surface area contributed by atoms with Crippen LogP contribution in [0, 0.1) is 19.7 Å². The largest absolute Gasteiger partial charge is 0.477 e. The number of fused-ring (bicyclic) bond motifs is 2. The molecule has 1 aliphatic heterocycles. The van der Waals surface area contributed by atoms with E-state index in [-0.39, 0.29) is 20.1 Å². The van der Waals surface area contributed by atoms with Crippen molar-refractivity contribution in [1.82, 2.24) is 9.97 Å². The van der Waals surface area contributed by atoms with E-state index in [1.54, 1.807) is 0 Å². The van der Waals surface area contributed by atoms with Crippen molar-refractivity contribution in [3.8, 4) is 11.1 Å². The standard InChI is InChI=1S/C28H24N4.Ir/c1-20-10-5-6-15-24(20)21-11-9-14-23(18-21)32-19-31(22-12-3-2-4-13-22)27-28(32)30-26-17-8-7-16-25(26)29-27;/h2-6,9-13,15,18-19H,7-8,16-17H2,1H3;/q-2;.